The lowest BCUT2D eigenvalue weighted by atomic mass is 10.1. The molecule has 0 bridgehead atoms. The molecular formula is C32H28N6O3S. The van der Waals surface area contributed by atoms with Crippen molar-refractivity contribution in [3.05, 3.63) is 132 Å². The van der Waals surface area contributed by atoms with Gasteiger partial charge in [0.05, 0.1) is 18.0 Å². The molecule has 9 nitrogen and oxygen atoms in total. The van der Waals surface area contributed by atoms with Crippen LogP contribution in [0, 0.1) is 0 Å². The summed E-state index contributed by atoms with van der Waals surface area (Å²) in [5.41, 5.74) is 2.67. The van der Waals surface area contributed by atoms with E-state index in [0.29, 0.717) is 34.9 Å². The van der Waals surface area contributed by atoms with Crippen LogP contribution in [0.2, 0.25) is 0 Å². The van der Waals surface area contributed by atoms with Gasteiger partial charge in [0.2, 0.25) is 0 Å². The fourth-order valence-corrected chi connectivity index (χ4v) is 4.84. The molecule has 0 radical (unpaired) electrons. The molecule has 2 amide bonds. The first-order chi connectivity index (χ1) is 20.6. The molecule has 0 atom stereocenters. The number of tetrazole rings is 1. The van der Waals surface area contributed by atoms with Crippen LogP contribution >= 0.6 is 11.8 Å². The summed E-state index contributed by atoms with van der Waals surface area (Å²) in [6.45, 7) is 2.35. The van der Waals surface area contributed by atoms with Gasteiger partial charge in [0.15, 0.2) is 5.82 Å². The zero-order valence-electron chi connectivity index (χ0n) is 22.8. The number of ether oxygens (including phenoxy) is 1. The van der Waals surface area contributed by atoms with Crippen molar-refractivity contribution in [2.45, 2.75) is 17.6 Å². The number of hydrogen-bond acceptors (Lipinski definition) is 7. The predicted molar refractivity (Wildman–Crippen MR) is 163 cm³/mol. The van der Waals surface area contributed by atoms with Gasteiger partial charge in [-0.15, -0.1) is 16.9 Å². The van der Waals surface area contributed by atoms with E-state index < -0.39 is 11.8 Å². The maximum atomic E-state index is 13.4. The van der Waals surface area contributed by atoms with E-state index in [-0.39, 0.29) is 5.70 Å². The van der Waals surface area contributed by atoms with Crippen molar-refractivity contribution < 1.29 is 14.3 Å². The Morgan fingerprint density at radius 1 is 0.881 bits per heavy atom. The van der Waals surface area contributed by atoms with Crippen LogP contribution in [0.4, 0.5) is 5.69 Å². The predicted octanol–water partition coefficient (Wildman–Crippen LogP) is 5.76. The fourth-order valence-electron chi connectivity index (χ4n) is 4.03. The van der Waals surface area contributed by atoms with Gasteiger partial charge in [-0.05, 0) is 78.0 Å². The lowest BCUT2D eigenvalue weighted by molar-refractivity contribution is -0.113. The molecule has 210 valence electrons. The van der Waals surface area contributed by atoms with Crippen molar-refractivity contribution in [3.63, 3.8) is 0 Å². The third-order valence-electron chi connectivity index (χ3n) is 6.06. The van der Waals surface area contributed by atoms with E-state index in [0.717, 1.165) is 16.4 Å². The number of thioether (sulfide) groups is 1. The van der Waals surface area contributed by atoms with Gasteiger partial charge in [0.1, 0.15) is 11.4 Å². The minimum Gasteiger partial charge on any atom is -0.493 e. The normalized spacial score (nSPS) is 11.1. The van der Waals surface area contributed by atoms with E-state index >= 15 is 0 Å². The van der Waals surface area contributed by atoms with Crippen LogP contribution in [0.5, 0.6) is 5.75 Å². The zero-order valence-corrected chi connectivity index (χ0v) is 23.6. The number of para-hydroxylation sites is 2. The van der Waals surface area contributed by atoms with Crippen LogP contribution in [0.1, 0.15) is 28.7 Å². The summed E-state index contributed by atoms with van der Waals surface area (Å²) in [4.78, 5) is 27.4. The molecule has 0 aliphatic rings. The molecule has 2 N–H and O–H groups in total. The van der Waals surface area contributed by atoms with Gasteiger partial charge in [0.25, 0.3) is 11.8 Å². The SMILES string of the molecule is CCOc1ccccc1/C=C(\NC(=O)c1ccccc1)C(=O)Nc1ccc(SCc2nnnn2-c2ccccc2)cc1. The molecule has 0 aliphatic heterocycles. The second kappa shape index (κ2) is 13.9. The number of hydrogen-bond donors (Lipinski definition) is 2. The molecule has 1 heterocycles. The van der Waals surface area contributed by atoms with E-state index in [4.69, 9.17) is 4.74 Å². The van der Waals surface area contributed by atoms with E-state index in [1.165, 1.54) is 0 Å². The molecule has 1 aromatic heterocycles. The molecule has 4 aromatic carbocycles. The van der Waals surface area contributed by atoms with Crippen molar-refractivity contribution in [3.8, 4) is 11.4 Å². The number of benzene rings is 4. The van der Waals surface area contributed by atoms with Crippen LogP contribution in [0.25, 0.3) is 11.8 Å². The molecule has 0 saturated carbocycles. The van der Waals surface area contributed by atoms with E-state index in [1.54, 1.807) is 46.8 Å². The number of nitrogens with zero attached hydrogens (tertiary/aromatic N) is 4. The van der Waals surface area contributed by atoms with Gasteiger partial charge in [-0.1, -0.05) is 54.6 Å². The third kappa shape index (κ3) is 7.29. The summed E-state index contributed by atoms with van der Waals surface area (Å²) in [5.74, 6) is 1.04. The molecule has 0 fully saturated rings. The monoisotopic (exact) mass is 576 g/mol. The highest BCUT2D eigenvalue weighted by atomic mass is 32.2. The quantitative estimate of drug-likeness (QED) is 0.152. The number of rotatable bonds is 11. The molecule has 0 aliphatic carbocycles. The number of nitrogens with one attached hydrogen (secondary N) is 2. The van der Waals surface area contributed by atoms with Crippen molar-refractivity contribution in [1.82, 2.24) is 25.5 Å². The highest BCUT2D eigenvalue weighted by Crippen LogP contribution is 2.25. The summed E-state index contributed by atoms with van der Waals surface area (Å²) < 4.78 is 7.43. The minimum atomic E-state index is -0.465. The average molecular weight is 577 g/mol. The average Bonchev–Trinajstić information content (AvgIpc) is 3.51. The van der Waals surface area contributed by atoms with Crippen LogP contribution in [0.3, 0.4) is 0 Å². The highest BCUT2D eigenvalue weighted by Gasteiger charge is 2.16. The third-order valence-corrected chi connectivity index (χ3v) is 7.07. The molecule has 0 spiro atoms. The first-order valence-corrected chi connectivity index (χ1v) is 14.3. The molecule has 10 heteroatoms. The summed E-state index contributed by atoms with van der Waals surface area (Å²) in [7, 11) is 0. The Morgan fingerprint density at radius 3 is 2.31 bits per heavy atom. The fraction of sp³-hybridized carbons (Fsp3) is 0.0938. The van der Waals surface area contributed by atoms with Crippen LogP contribution < -0.4 is 15.4 Å². The molecule has 0 saturated heterocycles. The van der Waals surface area contributed by atoms with Crippen molar-refractivity contribution in [2.24, 2.45) is 0 Å². The number of aromatic nitrogens is 4. The summed E-state index contributed by atoms with van der Waals surface area (Å²) in [6, 6.07) is 33.2. The maximum Gasteiger partial charge on any atom is 0.272 e. The Balaban J connectivity index is 1.30. The Kier molecular flexibility index (Phi) is 9.38. The Labute approximate surface area is 247 Å². The van der Waals surface area contributed by atoms with Crippen LogP contribution in [0.15, 0.2) is 120 Å². The van der Waals surface area contributed by atoms with Crippen molar-refractivity contribution in [1.29, 1.82) is 0 Å². The van der Waals surface area contributed by atoms with Gasteiger partial charge < -0.3 is 15.4 Å². The number of amides is 2. The van der Waals surface area contributed by atoms with Crippen molar-refractivity contribution >= 4 is 35.3 Å². The maximum absolute atomic E-state index is 13.4. The Hall–Kier alpha value is -5.22. The summed E-state index contributed by atoms with van der Waals surface area (Å²) in [6.07, 6.45) is 1.61. The Bertz CT molecular complexity index is 1670. The standard InChI is InChI=1S/C32H28N6O3S/c1-2-41-29-16-10-9-13-24(29)21-28(34-31(39)23-11-5-3-6-12-23)32(40)33-25-17-19-27(20-18-25)42-22-30-35-36-37-38(30)26-14-7-4-8-15-26/h3-21H,2,22H2,1H3,(H,33,40)(H,34,39)/b28-21-. The lowest BCUT2D eigenvalue weighted by Crippen LogP contribution is -2.30. The first-order valence-electron chi connectivity index (χ1n) is 13.3. The molecular weight excluding hydrogens is 548 g/mol. The topological polar surface area (TPSA) is 111 Å². The van der Waals surface area contributed by atoms with Crippen molar-refractivity contribution in [2.75, 3.05) is 11.9 Å². The molecule has 5 aromatic rings. The largest absolute Gasteiger partial charge is 0.493 e. The van der Waals surface area contributed by atoms with Crippen LogP contribution in [-0.4, -0.2) is 38.6 Å². The second-order valence-corrected chi connectivity index (χ2v) is 10.0. The molecule has 42 heavy (non-hydrogen) atoms. The minimum absolute atomic E-state index is 0.0854. The summed E-state index contributed by atoms with van der Waals surface area (Å²) in [5, 5.41) is 17.7. The smallest absolute Gasteiger partial charge is 0.272 e. The zero-order chi connectivity index (χ0) is 29.1. The van der Waals surface area contributed by atoms with Gasteiger partial charge in [-0.3, -0.25) is 9.59 Å². The van der Waals surface area contributed by atoms with Crippen LogP contribution in [-0.2, 0) is 10.5 Å². The number of anilines is 1. The number of carbonyl (C=O) groups is 2. The molecule has 5 rings (SSSR count). The summed E-state index contributed by atoms with van der Waals surface area (Å²) >= 11 is 1.58. The van der Waals surface area contributed by atoms with E-state index in [2.05, 4.69) is 26.2 Å². The second-order valence-electron chi connectivity index (χ2n) is 8.96. The Morgan fingerprint density at radius 2 is 1.57 bits per heavy atom. The molecule has 0 unspecified atom stereocenters. The van der Waals surface area contributed by atoms with Gasteiger partial charge in [0, 0.05) is 21.7 Å². The number of carbonyl (C=O) groups excluding carboxylic acids is 2. The highest BCUT2D eigenvalue weighted by molar-refractivity contribution is 7.98. The van der Waals surface area contributed by atoms with E-state index in [9.17, 15) is 9.59 Å². The lowest BCUT2D eigenvalue weighted by Gasteiger charge is -2.13. The van der Waals surface area contributed by atoms with E-state index in [1.807, 2.05) is 91.9 Å². The van der Waals surface area contributed by atoms with Gasteiger partial charge >= 0.3 is 0 Å². The van der Waals surface area contributed by atoms with Gasteiger partial charge in [-0.25, -0.2) is 0 Å². The van der Waals surface area contributed by atoms with Gasteiger partial charge in [-0.2, -0.15) is 4.68 Å². The first kappa shape index (κ1) is 28.3.